The summed E-state index contributed by atoms with van der Waals surface area (Å²) >= 11 is 0. The Labute approximate surface area is 129 Å². The zero-order valence-corrected chi connectivity index (χ0v) is 12.4. The largest absolute Gasteiger partial charge is 0.338 e. The van der Waals surface area contributed by atoms with Crippen molar-refractivity contribution in [3.8, 4) is 22.5 Å². The smallest absolute Gasteiger partial charge is 0.139 e. The summed E-state index contributed by atoms with van der Waals surface area (Å²) in [7, 11) is 0. The summed E-state index contributed by atoms with van der Waals surface area (Å²) in [5.74, 6) is 0.914. The number of H-pyrrole nitrogens is 1. The zero-order valence-electron chi connectivity index (χ0n) is 12.4. The van der Waals surface area contributed by atoms with Gasteiger partial charge in [-0.15, -0.1) is 0 Å². The minimum absolute atomic E-state index is 0.914. The van der Waals surface area contributed by atoms with E-state index in [4.69, 9.17) is 4.98 Å². The number of hydrogen-bond acceptors (Lipinski definition) is 1. The topological polar surface area (TPSA) is 28.7 Å². The van der Waals surface area contributed by atoms with Crippen LogP contribution < -0.4 is 0 Å². The highest BCUT2D eigenvalue weighted by molar-refractivity contribution is 5.85. The second-order valence-electron chi connectivity index (χ2n) is 5.51. The molecule has 2 nitrogen and oxygen atoms in total. The van der Waals surface area contributed by atoms with Gasteiger partial charge in [0.25, 0.3) is 0 Å². The van der Waals surface area contributed by atoms with Crippen molar-refractivity contribution in [1.82, 2.24) is 9.97 Å². The van der Waals surface area contributed by atoms with Gasteiger partial charge in [0, 0.05) is 5.56 Å². The Morgan fingerprint density at radius 2 is 1.41 bits per heavy atom. The van der Waals surface area contributed by atoms with Gasteiger partial charge >= 0.3 is 0 Å². The first-order valence-electron chi connectivity index (χ1n) is 7.42. The van der Waals surface area contributed by atoms with Gasteiger partial charge in [0.15, 0.2) is 0 Å². The summed E-state index contributed by atoms with van der Waals surface area (Å²) < 4.78 is 0. The van der Waals surface area contributed by atoms with Crippen LogP contribution in [0.5, 0.6) is 0 Å². The average Bonchev–Trinajstić information content (AvgIpc) is 2.99. The molecule has 4 aromatic rings. The van der Waals surface area contributed by atoms with E-state index in [0.29, 0.717) is 0 Å². The van der Waals surface area contributed by atoms with Gasteiger partial charge in [0.2, 0.25) is 0 Å². The van der Waals surface area contributed by atoms with Crippen LogP contribution in [0.4, 0.5) is 0 Å². The van der Waals surface area contributed by atoms with Crippen molar-refractivity contribution in [3.05, 3.63) is 78.4 Å². The van der Waals surface area contributed by atoms with Gasteiger partial charge in [-0.05, 0) is 30.2 Å². The van der Waals surface area contributed by atoms with Gasteiger partial charge in [-0.25, -0.2) is 4.98 Å². The lowest BCUT2D eigenvalue weighted by molar-refractivity contribution is 1.33. The van der Waals surface area contributed by atoms with Crippen LogP contribution in [-0.2, 0) is 0 Å². The molecule has 0 spiro atoms. The van der Waals surface area contributed by atoms with Crippen LogP contribution in [0.15, 0.2) is 72.8 Å². The molecule has 0 unspecified atom stereocenters. The molecular weight excluding hydrogens is 268 g/mol. The SMILES string of the molecule is Cc1ccc(-c2ccccc2-c2nc3ccccc3[nH]2)cc1. The second kappa shape index (κ2) is 5.15. The van der Waals surface area contributed by atoms with E-state index in [-0.39, 0.29) is 0 Å². The van der Waals surface area contributed by atoms with Gasteiger partial charge in [-0.1, -0.05) is 66.2 Å². The maximum absolute atomic E-state index is 4.73. The predicted molar refractivity (Wildman–Crippen MR) is 91.7 cm³/mol. The van der Waals surface area contributed by atoms with Crippen molar-refractivity contribution in [1.29, 1.82) is 0 Å². The molecular formula is C20H16N2. The van der Waals surface area contributed by atoms with E-state index >= 15 is 0 Å². The van der Waals surface area contributed by atoms with E-state index in [9.17, 15) is 0 Å². The summed E-state index contributed by atoms with van der Waals surface area (Å²) in [5.41, 5.74) is 6.86. The van der Waals surface area contributed by atoms with Crippen molar-refractivity contribution >= 4 is 11.0 Å². The van der Waals surface area contributed by atoms with Crippen LogP contribution in [-0.4, -0.2) is 9.97 Å². The molecule has 106 valence electrons. The first-order valence-corrected chi connectivity index (χ1v) is 7.42. The normalized spacial score (nSPS) is 11.0. The Morgan fingerprint density at radius 3 is 2.18 bits per heavy atom. The number of benzene rings is 3. The second-order valence-corrected chi connectivity index (χ2v) is 5.51. The third-order valence-electron chi connectivity index (χ3n) is 3.93. The fraction of sp³-hybridized carbons (Fsp3) is 0.0500. The van der Waals surface area contributed by atoms with Crippen LogP contribution in [0, 0.1) is 6.92 Å². The molecule has 0 saturated heterocycles. The van der Waals surface area contributed by atoms with E-state index in [0.717, 1.165) is 22.4 Å². The summed E-state index contributed by atoms with van der Waals surface area (Å²) in [6.45, 7) is 2.11. The fourth-order valence-electron chi connectivity index (χ4n) is 2.75. The Balaban J connectivity index is 1.90. The van der Waals surface area contributed by atoms with Crippen LogP contribution in [0.1, 0.15) is 5.56 Å². The van der Waals surface area contributed by atoms with E-state index < -0.39 is 0 Å². The highest BCUT2D eigenvalue weighted by atomic mass is 14.9. The summed E-state index contributed by atoms with van der Waals surface area (Å²) in [5, 5.41) is 0. The highest BCUT2D eigenvalue weighted by Gasteiger charge is 2.10. The maximum Gasteiger partial charge on any atom is 0.139 e. The number of aromatic nitrogens is 2. The molecule has 0 aliphatic rings. The third kappa shape index (κ3) is 2.19. The Morgan fingerprint density at radius 1 is 0.727 bits per heavy atom. The number of imidazole rings is 1. The number of hydrogen-bond donors (Lipinski definition) is 1. The lowest BCUT2D eigenvalue weighted by Gasteiger charge is -2.08. The van der Waals surface area contributed by atoms with Crippen LogP contribution >= 0.6 is 0 Å². The summed E-state index contributed by atoms with van der Waals surface area (Å²) in [6, 6.07) is 25.1. The number of para-hydroxylation sites is 2. The van der Waals surface area contributed by atoms with E-state index in [2.05, 4.69) is 66.5 Å². The molecule has 0 fully saturated rings. The van der Waals surface area contributed by atoms with Gasteiger partial charge < -0.3 is 4.98 Å². The van der Waals surface area contributed by atoms with E-state index in [1.165, 1.54) is 16.7 Å². The highest BCUT2D eigenvalue weighted by Crippen LogP contribution is 2.31. The van der Waals surface area contributed by atoms with Gasteiger partial charge in [0.05, 0.1) is 11.0 Å². The first-order chi connectivity index (χ1) is 10.8. The number of nitrogens with one attached hydrogen (secondary N) is 1. The number of fused-ring (bicyclic) bond motifs is 1. The first kappa shape index (κ1) is 12.8. The fourth-order valence-corrected chi connectivity index (χ4v) is 2.75. The van der Waals surface area contributed by atoms with Crippen molar-refractivity contribution in [2.24, 2.45) is 0 Å². The molecule has 1 heterocycles. The number of aryl methyl sites for hydroxylation is 1. The molecule has 1 aromatic heterocycles. The Hall–Kier alpha value is -2.87. The molecule has 0 saturated carbocycles. The van der Waals surface area contributed by atoms with E-state index in [1.54, 1.807) is 0 Å². The van der Waals surface area contributed by atoms with Crippen LogP contribution in [0.3, 0.4) is 0 Å². The monoisotopic (exact) mass is 284 g/mol. The Kier molecular flexibility index (Phi) is 3.01. The predicted octanol–water partition coefficient (Wildman–Crippen LogP) is 5.21. The minimum Gasteiger partial charge on any atom is -0.338 e. The quantitative estimate of drug-likeness (QED) is 0.538. The molecule has 0 radical (unpaired) electrons. The molecule has 0 atom stereocenters. The number of nitrogens with zero attached hydrogens (tertiary/aromatic N) is 1. The number of aromatic amines is 1. The lowest BCUT2D eigenvalue weighted by Crippen LogP contribution is -1.87. The van der Waals surface area contributed by atoms with Crippen LogP contribution in [0.2, 0.25) is 0 Å². The maximum atomic E-state index is 4.73. The Bertz CT molecular complexity index is 900. The molecule has 0 bridgehead atoms. The molecule has 0 aliphatic heterocycles. The standard InChI is InChI=1S/C20H16N2/c1-14-10-12-15(13-11-14)16-6-2-3-7-17(16)20-21-18-8-4-5-9-19(18)22-20/h2-13H,1H3,(H,21,22). The van der Waals surface area contributed by atoms with Crippen molar-refractivity contribution in [3.63, 3.8) is 0 Å². The molecule has 1 N–H and O–H groups in total. The summed E-state index contributed by atoms with van der Waals surface area (Å²) in [4.78, 5) is 8.15. The van der Waals surface area contributed by atoms with Crippen molar-refractivity contribution < 1.29 is 0 Å². The average molecular weight is 284 g/mol. The minimum atomic E-state index is 0.914. The zero-order chi connectivity index (χ0) is 14.9. The van der Waals surface area contributed by atoms with E-state index in [1.807, 2.05) is 18.2 Å². The molecule has 4 rings (SSSR count). The lowest BCUT2D eigenvalue weighted by atomic mass is 9.98. The molecule has 0 aliphatic carbocycles. The molecule has 2 heteroatoms. The third-order valence-corrected chi connectivity index (χ3v) is 3.93. The molecule has 3 aromatic carbocycles. The van der Waals surface area contributed by atoms with Gasteiger partial charge in [-0.2, -0.15) is 0 Å². The van der Waals surface area contributed by atoms with Crippen molar-refractivity contribution in [2.45, 2.75) is 6.92 Å². The molecule has 0 amide bonds. The number of rotatable bonds is 2. The summed E-state index contributed by atoms with van der Waals surface area (Å²) in [6.07, 6.45) is 0. The van der Waals surface area contributed by atoms with Crippen molar-refractivity contribution in [2.75, 3.05) is 0 Å². The molecule has 22 heavy (non-hydrogen) atoms. The van der Waals surface area contributed by atoms with Gasteiger partial charge in [-0.3, -0.25) is 0 Å². The van der Waals surface area contributed by atoms with Crippen LogP contribution in [0.25, 0.3) is 33.5 Å². The van der Waals surface area contributed by atoms with Gasteiger partial charge in [0.1, 0.15) is 5.82 Å².